The molecule has 3 N–H and O–H groups in total. The van der Waals surface area contributed by atoms with E-state index < -0.39 is 10.9 Å². The molecule has 172 valence electrons. The summed E-state index contributed by atoms with van der Waals surface area (Å²) in [4.78, 5) is 36.6. The molecule has 0 bridgehead atoms. The first-order valence-corrected chi connectivity index (χ1v) is 10.5. The smallest absolute Gasteiger partial charge is 0.339 e. The molecule has 0 saturated heterocycles. The Kier molecular flexibility index (Phi) is 7.68. The van der Waals surface area contributed by atoms with Crippen molar-refractivity contribution in [2.75, 3.05) is 41.7 Å². The third-order valence-electron chi connectivity index (χ3n) is 4.96. The van der Waals surface area contributed by atoms with Crippen molar-refractivity contribution in [2.24, 2.45) is 0 Å². The Morgan fingerprint density at radius 1 is 1.03 bits per heavy atom. The van der Waals surface area contributed by atoms with E-state index in [-0.39, 0.29) is 11.3 Å². The summed E-state index contributed by atoms with van der Waals surface area (Å²) in [5.41, 5.74) is 2.00. The van der Waals surface area contributed by atoms with Crippen molar-refractivity contribution < 1.29 is 14.8 Å². The number of carbonyl (C=O) groups is 1. The van der Waals surface area contributed by atoms with Crippen molar-refractivity contribution in [3.63, 3.8) is 0 Å². The number of hydrogen-bond donors (Lipinski definition) is 3. The first-order valence-electron chi connectivity index (χ1n) is 10.5. The molecule has 11 nitrogen and oxygen atoms in total. The van der Waals surface area contributed by atoms with Gasteiger partial charge in [0, 0.05) is 49.7 Å². The number of nitro groups is 1. The Labute approximate surface area is 190 Å². The minimum Gasteiger partial charge on any atom is -0.478 e. The van der Waals surface area contributed by atoms with Gasteiger partial charge in [-0.1, -0.05) is 12.1 Å². The van der Waals surface area contributed by atoms with Crippen LogP contribution in [0.25, 0.3) is 11.3 Å². The summed E-state index contributed by atoms with van der Waals surface area (Å²) in [7, 11) is 0. The largest absolute Gasteiger partial charge is 0.478 e. The molecule has 0 atom stereocenters. The van der Waals surface area contributed by atoms with Gasteiger partial charge in [-0.3, -0.25) is 10.1 Å². The van der Waals surface area contributed by atoms with Crippen LogP contribution >= 0.6 is 0 Å². The van der Waals surface area contributed by atoms with E-state index in [2.05, 4.69) is 44.3 Å². The minimum absolute atomic E-state index is 0.0179. The van der Waals surface area contributed by atoms with Crippen molar-refractivity contribution in [1.82, 2.24) is 15.0 Å². The number of anilines is 3. The Morgan fingerprint density at radius 2 is 1.73 bits per heavy atom. The van der Waals surface area contributed by atoms with Crippen molar-refractivity contribution in [3.8, 4) is 11.3 Å². The summed E-state index contributed by atoms with van der Waals surface area (Å²) in [6.07, 6.45) is 2.47. The topological polar surface area (TPSA) is 146 Å². The van der Waals surface area contributed by atoms with Gasteiger partial charge in [-0.05, 0) is 32.0 Å². The average molecular weight is 451 g/mol. The highest BCUT2D eigenvalue weighted by Crippen LogP contribution is 2.25. The lowest BCUT2D eigenvalue weighted by molar-refractivity contribution is -0.385. The van der Waals surface area contributed by atoms with Gasteiger partial charge in [-0.25, -0.2) is 19.7 Å². The van der Waals surface area contributed by atoms with Gasteiger partial charge in [0.2, 0.25) is 5.95 Å². The van der Waals surface area contributed by atoms with Crippen LogP contribution in [0.5, 0.6) is 0 Å². The highest BCUT2D eigenvalue weighted by molar-refractivity contribution is 5.94. The number of benzene rings is 1. The predicted octanol–water partition coefficient (Wildman–Crippen LogP) is 3.52. The Hall–Kier alpha value is -4.28. The number of carboxylic acid groups (broad SMARTS) is 1. The Morgan fingerprint density at radius 3 is 2.30 bits per heavy atom. The number of nitrogens with zero attached hydrogens (tertiary/aromatic N) is 5. The molecule has 2 heterocycles. The standard InChI is InChI=1S/C22H25N7O4/c1-3-28(4-2)16-7-5-15(6-8-16)20-18(21(30)31)14-26-22(27-20)24-12-11-23-19-10-9-17(13-25-19)29(32)33/h5-10,13-14H,3-4,11-12H2,1-2H3,(H,23,25)(H,30,31)(H,24,26,27). The zero-order valence-corrected chi connectivity index (χ0v) is 18.4. The van der Waals surface area contributed by atoms with Crippen LogP contribution in [-0.4, -0.2) is 57.1 Å². The van der Waals surface area contributed by atoms with Crippen molar-refractivity contribution in [1.29, 1.82) is 0 Å². The van der Waals surface area contributed by atoms with E-state index >= 15 is 0 Å². The number of rotatable bonds is 11. The summed E-state index contributed by atoms with van der Waals surface area (Å²) < 4.78 is 0. The second-order valence-corrected chi connectivity index (χ2v) is 6.99. The fraction of sp³-hybridized carbons (Fsp3) is 0.273. The Bertz CT molecular complexity index is 1100. The van der Waals surface area contributed by atoms with Crippen LogP contribution < -0.4 is 15.5 Å². The lowest BCUT2D eigenvalue weighted by Gasteiger charge is -2.21. The molecule has 1 aromatic carbocycles. The molecular weight excluding hydrogens is 426 g/mol. The minimum atomic E-state index is -1.10. The van der Waals surface area contributed by atoms with Gasteiger partial charge < -0.3 is 20.6 Å². The maximum Gasteiger partial charge on any atom is 0.339 e. The van der Waals surface area contributed by atoms with Gasteiger partial charge in [0.05, 0.1) is 10.6 Å². The molecule has 2 aromatic heterocycles. The summed E-state index contributed by atoms with van der Waals surface area (Å²) in [5, 5.41) is 26.3. The quantitative estimate of drug-likeness (QED) is 0.225. The molecule has 0 unspecified atom stereocenters. The number of hydrogen-bond acceptors (Lipinski definition) is 9. The molecule has 0 aliphatic rings. The Balaban J connectivity index is 1.68. The molecule has 3 aromatic rings. The van der Waals surface area contributed by atoms with Crippen molar-refractivity contribution in [2.45, 2.75) is 13.8 Å². The molecule has 0 fully saturated rings. The molecular formula is C22H25N7O4. The number of nitrogens with one attached hydrogen (secondary N) is 2. The van der Waals surface area contributed by atoms with Crippen LogP contribution in [-0.2, 0) is 0 Å². The van der Waals surface area contributed by atoms with E-state index in [4.69, 9.17) is 0 Å². The highest BCUT2D eigenvalue weighted by Gasteiger charge is 2.16. The van der Waals surface area contributed by atoms with Gasteiger partial charge in [0.25, 0.3) is 5.69 Å². The molecule has 11 heteroatoms. The zero-order valence-electron chi connectivity index (χ0n) is 18.4. The van der Waals surface area contributed by atoms with Crippen LogP contribution in [0.15, 0.2) is 48.8 Å². The van der Waals surface area contributed by atoms with Crippen LogP contribution in [0.4, 0.5) is 23.1 Å². The van der Waals surface area contributed by atoms with Crippen molar-refractivity contribution >= 4 is 29.1 Å². The van der Waals surface area contributed by atoms with Gasteiger partial charge in [0.15, 0.2) is 0 Å². The third kappa shape index (κ3) is 5.91. The van der Waals surface area contributed by atoms with Crippen molar-refractivity contribution in [3.05, 3.63) is 64.5 Å². The lowest BCUT2D eigenvalue weighted by atomic mass is 10.1. The molecule has 33 heavy (non-hydrogen) atoms. The van der Waals surface area contributed by atoms with Gasteiger partial charge in [0.1, 0.15) is 17.6 Å². The van der Waals surface area contributed by atoms with E-state index in [1.54, 1.807) is 0 Å². The maximum absolute atomic E-state index is 11.7. The third-order valence-corrected chi connectivity index (χ3v) is 4.96. The fourth-order valence-electron chi connectivity index (χ4n) is 3.23. The maximum atomic E-state index is 11.7. The van der Waals surface area contributed by atoms with Crippen LogP contribution in [0, 0.1) is 10.1 Å². The van der Waals surface area contributed by atoms with E-state index in [1.807, 2.05) is 24.3 Å². The number of aromatic nitrogens is 3. The number of pyridine rings is 1. The summed E-state index contributed by atoms with van der Waals surface area (Å²) in [6, 6.07) is 10.5. The second-order valence-electron chi connectivity index (χ2n) is 6.99. The van der Waals surface area contributed by atoms with Gasteiger partial charge in [-0.2, -0.15) is 0 Å². The molecule has 0 aliphatic heterocycles. The predicted molar refractivity (Wildman–Crippen MR) is 126 cm³/mol. The highest BCUT2D eigenvalue weighted by atomic mass is 16.6. The average Bonchev–Trinajstić information content (AvgIpc) is 2.83. The van der Waals surface area contributed by atoms with Crippen LogP contribution in [0.1, 0.15) is 24.2 Å². The molecule has 0 spiro atoms. The molecule has 0 aliphatic carbocycles. The normalized spacial score (nSPS) is 10.5. The van der Waals surface area contributed by atoms with Gasteiger partial charge in [-0.15, -0.1) is 0 Å². The van der Waals surface area contributed by atoms with Gasteiger partial charge >= 0.3 is 5.97 Å². The van der Waals surface area contributed by atoms with E-state index in [9.17, 15) is 20.0 Å². The van der Waals surface area contributed by atoms with E-state index in [0.29, 0.717) is 36.1 Å². The zero-order chi connectivity index (χ0) is 23.8. The fourth-order valence-corrected chi connectivity index (χ4v) is 3.23. The molecule has 3 rings (SSSR count). The lowest BCUT2D eigenvalue weighted by Crippen LogP contribution is -2.21. The SMILES string of the molecule is CCN(CC)c1ccc(-c2nc(NCCNc3ccc([N+](=O)[O-])cn3)ncc2C(=O)O)cc1. The summed E-state index contributed by atoms with van der Waals surface area (Å²) in [5.74, 6) is -0.310. The monoisotopic (exact) mass is 451 g/mol. The molecule has 0 saturated carbocycles. The number of aromatic carboxylic acids is 1. The first kappa shape index (κ1) is 23.4. The summed E-state index contributed by atoms with van der Waals surface area (Å²) >= 11 is 0. The second kappa shape index (κ2) is 10.8. The number of carboxylic acids is 1. The van der Waals surface area contributed by atoms with E-state index in [0.717, 1.165) is 18.8 Å². The first-order chi connectivity index (χ1) is 15.9. The molecule has 0 radical (unpaired) electrons. The molecule has 0 amide bonds. The summed E-state index contributed by atoms with van der Waals surface area (Å²) in [6.45, 7) is 6.78. The van der Waals surface area contributed by atoms with Crippen LogP contribution in [0.3, 0.4) is 0 Å². The van der Waals surface area contributed by atoms with E-state index in [1.165, 1.54) is 24.5 Å². The van der Waals surface area contributed by atoms with Crippen LogP contribution in [0.2, 0.25) is 0 Å².